The highest BCUT2D eigenvalue weighted by molar-refractivity contribution is 5.74. The average Bonchev–Trinajstić information content (AvgIpc) is 4.24. The number of aryl methyl sites for hydroxylation is 3. The standard InChI is InChI=1S/C73H88F2N/c1-13-18-51-40-54(44-61(43-51)57-23-24-57)35-38-73(39-36-55-41-52(19-14-2)45-64(74)47-55,37-17-20-53-42-60(50(4)5)48-65(75)46-53)49-66-22-16-21-56(15-3)69-67(58-25-29-62(30-26-58)71(6,7)8)33-34-68(70(69)76(66)12)59-27-31-63(32-28-59)72(9,10)11/h13-14,19,25-34,40-48,57,66H,1,4,15-18,20-24,35-39,49H2,2-3,5-12H3/q+1. The van der Waals surface area contributed by atoms with E-state index in [4.69, 9.17) is 0 Å². The third kappa shape index (κ3) is 14.0. The number of nitrogens with zero attached hydrogens (tertiary/aromatic N) is 1. The van der Waals surface area contributed by atoms with Crippen molar-refractivity contribution in [2.75, 3.05) is 7.05 Å². The molecule has 76 heavy (non-hydrogen) atoms. The smallest absolute Gasteiger partial charge is 0.215 e. The zero-order chi connectivity index (χ0) is 54.4. The highest BCUT2D eigenvalue weighted by Crippen LogP contribution is 2.44. The van der Waals surface area contributed by atoms with Gasteiger partial charge in [-0.05, 0) is 217 Å². The molecule has 8 rings (SSSR count). The molecule has 1 fully saturated rings. The highest BCUT2D eigenvalue weighted by Gasteiger charge is 2.37. The summed E-state index contributed by atoms with van der Waals surface area (Å²) in [7, 11) is 2.40. The van der Waals surface area contributed by atoms with E-state index < -0.39 is 0 Å². The van der Waals surface area contributed by atoms with Crippen molar-refractivity contribution in [3.8, 4) is 22.3 Å². The summed E-state index contributed by atoms with van der Waals surface area (Å²) in [6.07, 6.45) is 20.9. The van der Waals surface area contributed by atoms with Crippen LogP contribution in [0.25, 0.3) is 39.5 Å². The van der Waals surface area contributed by atoms with Gasteiger partial charge in [-0.15, -0.1) is 6.58 Å². The first-order valence-electron chi connectivity index (χ1n) is 28.8. The SMILES string of the molecule is C=CCc1cc(CCC(CCCc2cc(F)cc(C(=C)C)c2)(CCc2cc(F)cc(C=CC)c2)CC2CCCC(CC)=c3c(-c4ccc(C(C)(C)C)cc4)ccc(-c4ccc(C(C)(C)C)cc4)c3=[N+]2C)cc(C2CC2)c1. The predicted octanol–water partition coefficient (Wildman–Crippen LogP) is 18.5. The molecule has 1 aliphatic heterocycles. The molecule has 1 saturated carbocycles. The molecule has 0 N–H and O–H groups in total. The van der Waals surface area contributed by atoms with Gasteiger partial charge in [0.25, 0.3) is 0 Å². The Morgan fingerprint density at radius 3 is 1.83 bits per heavy atom. The first-order valence-corrected chi connectivity index (χ1v) is 28.8. The van der Waals surface area contributed by atoms with Crippen molar-refractivity contribution in [3.05, 3.63) is 213 Å². The van der Waals surface area contributed by atoms with Gasteiger partial charge in [-0.1, -0.05) is 169 Å². The molecule has 0 bridgehead atoms. The molecule has 0 amide bonds. The Bertz CT molecular complexity index is 3180. The van der Waals surface area contributed by atoms with Crippen molar-refractivity contribution in [3.63, 3.8) is 0 Å². The van der Waals surface area contributed by atoms with Crippen molar-refractivity contribution >= 4 is 17.2 Å². The van der Waals surface area contributed by atoms with E-state index >= 15 is 8.78 Å². The van der Waals surface area contributed by atoms with Gasteiger partial charge < -0.3 is 0 Å². The van der Waals surface area contributed by atoms with E-state index in [1.54, 1.807) is 24.3 Å². The molecule has 1 nitrogen and oxygen atoms in total. The third-order valence-electron chi connectivity index (χ3n) is 17.0. The van der Waals surface area contributed by atoms with Crippen LogP contribution in [0.3, 0.4) is 0 Å². The fraction of sp³-hybridized carbons (Fsp3) is 0.411. The van der Waals surface area contributed by atoms with Crippen molar-refractivity contribution in [1.82, 2.24) is 4.58 Å². The molecule has 0 radical (unpaired) electrons. The van der Waals surface area contributed by atoms with Crippen molar-refractivity contribution in [2.45, 2.75) is 181 Å². The van der Waals surface area contributed by atoms with E-state index in [0.717, 1.165) is 111 Å². The number of fused-ring (bicyclic) bond motifs is 1. The van der Waals surface area contributed by atoms with Gasteiger partial charge in [0.05, 0.1) is 10.8 Å². The topological polar surface area (TPSA) is 3.01 Å². The molecule has 0 saturated heterocycles. The normalized spacial score (nSPS) is 16.1. The van der Waals surface area contributed by atoms with Crippen LogP contribution in [0.4, 0.5) is 8.78 Å². The average molecular weight is 1020 g/mol. The molecule has 2 atom stereocenters. The van der Waals surface area contributed by atoms with E-state index in [1.807, 2.05) is 32.1 Å². The molecule has 6 aromatic rings. The number of hydrogen-bond acceptors (Lipinski definition) is 0. The molecular formula is C73H88F2N+. The van der Waals surface area contributed by atoms with Gasteiger partial charge in [0, 0.05) is 12.8 Å². The van der Waals surface area contributed by atoms with Gasteiger partial charge in [0.2, 0.25) is 5.36 Å². The largest absolute Gasteiger partial charge is 0.229 e. The maximum atomic E-state index is 15.6. The summed E-state index contributed by atoms with van der Waals surface area (Å²) in [6.45, 7) is 28.4. The van der Waals surface area contributed by atoms with E-state index in [-0.39, 0.29) is 33.9 Å². The van der Waals surface area contributed by atoms with Crippen LogP contribution in [-0.4, -0.2) is 13.1 Å². The van der Waals surface area contributed by atoms with Gasteiger partial charge >= 0.3 is 0 Å². The Morgan fingerprint density at radius 2 is 1.25 bits per heavy atom. The van der Waals surface area contributed by atoms with Crippen molar-refractivity contribution in [2.24, 2.45) is 5.41 Å². The molecular weight excluding hydrogens is 929 g/mol. The van der Waals surface area contributed by atoms with Crippen LogP contribution in [0.2, 0.25) is 0 Å². The number of benzene rings is 6. The molecule has 1 heterocycles. The molecule has 398 valence electrons. The quantitative estimate of drug-likeness (QED) is 0.0530. The summed E-state index contributed by atoms with van der Waals surface area (Å²) < 4.78 is 33.6. The highest BCUT2D eigenvalue weighted by atomic mass is 19.1. The molecule has 6 aromatic carbocycles. The van der Waals surface area contributed by atoms with Crippen LogP contribution < -0.4 is 15.2 Å². The van der Waals surface area contributed by atoms with Gasteiger partial charge in [-0.25, -0.2) is 13.4 Å². The fourth-order valence-electron chi connectivity index (χ4n) is 12.4. The Hall–Kier alpha value is -5.93. The van der Waals surface area contributed by atoms with E-state index in [9.17, 15) is 0 Å². The van der Waals surface area contributed by atoms with Gasteiger partial charge in [-0.3, -0.25) is 0 Å². The lowest BCUT2D eigenvalue weighted by Gasteiger charge is -2.37. The maximum Gasteiger partial charge on any atom is 0.215 e. The van der Waals surface area contributed by atoms with Crippen LogP contribution in [-0.2, 0) is 36.5 Å². The number of hydrogen-bond donors (Lipinski definition) is 0. The third-order valence-corrected chi connectivity index (χ3v) is 17.0. The number of rotatable bonds is 20. The Morgan fingerprint density at radius 1 is 0.671 bits per heavy atom. The molecule has 1 aliphatic carbocycles. The van der Waals surface area contributed by atoms with E-state index in [0.29, 0.717) is 5.92 Å². The van der Waals surface area contributed by atoms with Crippen LogP contribution in [0.5, 0.6) is 0 Å². The first kappa shape index (κ1) is 56.3. The summed E-state index contributed by atoms with van der Waals surface area (Å²) in [5.74, 6) is 0.257. The monoisotopic (exact) mass is 1020 g/mol. The zero-order valence-electron chi connectivity index (χ0n) is 48.1. The van der Waals surface area contributed by atoms with Gasteiger partial charge in [0.15, 0.2) is 6.04 Å². The van der Waals surface area contributed by atoms with Crippen LogP contribution in [0, 0.1) is 17.0 Å². The van der Waals surface area contributed by atoms with Crippen molar-refractivity contribution < 1.29 is 8.78 Å². The summed E-state index contributed by atoms with van der Waals surface area (Å²) in [5, 5.41) is 2.72. The summed E-state index contributed by atoms with van der Waals surface area (Å²) in [6, 6.07) is 42.2. The molecule has 0 spiro atoms. The summed E-state index contributed by atoms with van der Waals surface area (Å²) >= 11 is 0. The predicted molar refractivity (Wildman–Crippen MR) is 324 cm³/mol. The van der Waals surface area contributed by atoms with E-state index in [1.165, 1.54) is 79.1 Å². The number of allylic oxidation sites excluding steroid dienone is 3. The van der Waals surface area contributed by atoms with Gasteiger partial charge in [-0.2, -0.15) is 0 Å². The summed E-state index contributed by atoms with van der Waals surface area (Å²) in [5.41, 5.74) is 18.1. The molecule has 3 heteroatoms. The minimum absolute atomic E-state index is 0.0403. The van der Waals surface area contributed by atoms with Crippen LogP contribution in [0.1, 0.15) is 189 Å². The molecule has 2 aliphatic rings. The van der Waals surface area contributed by atoms with Crippen molar-refractivity contribution in [1.29, 1.82) is 0 Å². The Balaban J connectivity index is 1.33. The first-order chi connectivity index (χ1) is 36.3. The van der Waals surface area contributed by atoms with Gasteiger partial charge in [0.1, 0.15) is 18.7 Å². The summed E-state index contributed by atoms with van der Waals surface area (Å²) in [4.78, 5) is 0. The van der Waals surface area contributed by atoms with Crippen LogP contribution >= 0.6 is 0 Å². The fourth-order valence-corrected chi connectivity index (χ4v) is 12.4. The second-order valence-electron chi connectivity index (χ2n) is 25.1. The maximum absolute atomic E-state index is 15.6. The van der Waals surface area contributed by atoms with E-state index in [2.05, 4.69) is 164 Å². The van der Waals surface area contributed by atoms with Crippen LogP contribution in [0.15, 0.2) is 141 Å². The lowest BCUT2D eigenvalue weighted by molar-refractivity contribution is 0.159. The number of halogens is 2. The second-order valence-corrected chi connectivity index (χ2v) is 25.1. The molecule has 0 aromatic heterocycles. The minimum atomic E-state index is -0.206. The molecule has 2 unspecified atom stereocenters. The second kappa shape index (κ2) is 24.2. The lowest BCUT2D eigenvalue weighted by atomic mass is 9.68. The lowest BCUT2D eigenvalue weighted by Crippen LogP contribution is -2.49. The Labute approximate surface area is 457 Å². The zero-order valence-corrected chi connectivity index (χ0v) is 48.1. The minimum Gasteiger partial charge on any atom is -0.229 e. The Kier molecular flexibility index (Phi) is 17.9.